The minimum atomic E-state index is -1.09. The number of thioether (sulfide) groups is 1. The van der Waals surface area contributed by atoms with Gasteiger partial charge in [-0.25, -0.2) is 4.99 Å². The summed E-state index contributed by atoms with van der Waals surface area (Å²) in [6.07, 6.45) is 1.77. The number of amidine groups is 1. The topological polar surface area (TPSA) is 105 Å². The summed E-state index contributed by atoms with van der Waals surface area (Å²) in [4.78, 5) is 30.5. The largest absolute Gasteiger partial charge is 0.481 e. The smallest absolute Gasteiger partial charge is 0.314 e. The Morgan fingerprint density at radius 3 is 2.67 bits per heavy atom. The number of para-hydroxylation sites is 1. The van der Waals surface area contributed by atoms with E-state index in [0.717, 1.165) is 0 Å². The molecule has 0 saturated heterocycles. The normalized spacial score (nSPS) is 21.4. The predicted octanol–water partition coefficient (Wildman–Crippen LogP) is 2.53. The number of nitrogens with zero attached hydrogens (tertiary/aromatic N) is 3. The Kier molecular flexibility index (Phi) is 4.37. The van der Waals surface area contributed by atoms with Crippen molar-refractivity contribution in [1.29, 1.82) is 0 Å². The van der Waals surface area contributed by atoms with E-state index < -0.39 is 22.9 Å². The maximum atomic E-state index is 11.5. The van der Waals surface area contributed by atoms with Crippen LogP contribution in [0.4, 0.5) is 5.69 Å². The van der Waals surface area contributed by atoms with E-state index in [0.29, 0.717) is 10.9 Å². The lowest BCUT2D eigenvalue weighted by molar-refractivity contribution is -0.385. The summed E-state index contributed by atoms with van der Waals surface area (Å²) < 4.78 is 0. The van der Waals surface area contributed by atoms with Gasteiger partial charge in [0.05, 0.1) is 10.5 Å². The van der Waals surface area contributed by atoms with Gasteiger partial charge in [-0.2, -0.15) is 0 Å². The maximum Gasteiger partial charge on any atom is 0.314 e. The van der Waals surface area contributed by atoms with E-state index in [4.69, 9.17) is 0 Å². The van der Waals surface area contributed by atoms with Gasteiger partial charge in [-0.1, -0.05) is 23.9 Å². The molecule has 1 aromatic carbocycles. The molecule has 2 unspecified atom stereocenters. The molecule has 1 aromatic rings. The van der Waals surface area contributed by atoms with Crippen molar-refractivity contribution in [1.82, 2.24) is 0 Å². The minimum absolute atomic E-state index is 0.132. The summed E-state index contributed by atoms with van der Waals surface area (Å²) in [6.45, 7) is 1.60. The van der Waals surface area contributed by atoms with E-state index in [2.05, 4.69) is 9.98 Å². The summed E-state index contributed by atoms with van der Waals surface area (Å²) >= 11 is 1.28. The zero-order valence-corrected chi connectivity index (χ0v) is 12.2. The van der Waals surface area contributed by atoms with Gasteiger partial charge in [0.2, 0.25) is 0 Å². The lowest BCUT2D eigenvalue weighted by atomic mass is 9.88. The van der Waals surface area contributed by atoms with Crippen molar-refractivity contribution in [3.8, 4) is 0 Å². The van der Waals surface area contributed by atoms with Crippen LogP contribution in [0.15, 0.2) is 34.3 Å². The molecule has 110 valence electrons. The standard InChI is InChI=1S/C13H13N3O4S/c1-7-10(12(17)18)11(15-13(14-7)21-2)8-5-3-4-6-9(8)16(19)20/h3-6,10-11H,1-2H3,(H,17,18). The Hall–Kier alpha value is -2.22. The van der Waals surface area contributed by atoms with Crippen LogP contribution < -0.4 is 0 Å². The van der Waals surface area contributed by atoms with Crippen LogP contribution in [0.3, 0.4) is 0 Å². The quantitative estimate of drug-likeness (QED) is 0.682. The summed E-state index contributed by atoms with van der Waals surface area (Å²) in [5.41, 5.74) is 0.549. The molecule has 0 fully saturated rings. The first-order valence-corrected chi connectivity index (χ1v) is 7.31. The van der Waals surface area contributed by atoms with Crippen LogP contribution in [0, 0.1) is 16.0 Å². The second-order valence-electron chi connectivity index (χ2n) is 4.45. The van der Waals surface area contributed by atoms with Crippen molar-refractivity contribution < 1.29 is 14.8 Å². The molecular formula is C13H13N3O4S. The van der Waals surface area contributed by atoms with Gasteiger partial charge in [-0.15, -0.1) is 0 Å². The zero-order chi connectivity index (χ0) is 15.6. The number of aliphatic imine (C=N–C) groups is 2. The molecule has 0 amide bonds. The summed E-state index contributed by atoms with van der Waals surface area (Å²) in [7, 11) is 0. The molecule has 7 nitrogen and oxygen atoms in total. The first kappa shape index (κ1) is 15.2. The van der Waals surface area contributed by atoms with Gasteiger partial charge >= 0.3 is 5.97 Å². The fourth-order valence-corrected chi connectivity index (χ4v) is 2.69. The van der Waals surface area contributed by atoms with Crippen LogP contribution in [0.5, 0.6) is 0 Å². The average molecular weight is 307 g/mol. The number of benzene rings is 1. The van der Waals surface area contributed by atoms with Crippen molar-refractivity contribution in [3.05, 3.63) is 39.9 Å². The molecule has 21 heavy (non-hydrogen) atoms. The highest BCUT2D eigenvalue weighted by Crippen LogP contribution is 2.37. The molecule has 1 heterocycles. The Balaban J connectivity index is 2.59. The molecule has 0 radical (unpaired) electrons. The van der Waals surface area contributed by atoms with Gasteiger partial charge < -0.3 is 5.11 Å². The Labute approximate surface area is 125 Å². The lowest BCUT2D eigenvalue weighted by Gasteiger charge is -2.24. The number of rotatable bonds is 3. The van der Waals surface area contributed by atoms with E-state index in [1.165, 1.54) is 17.8 Å². The third kappa shape index (κ3) is 2.94. The number of aliphatic carboxylic acids is 1. The molecule has 8 heteroatoms. The van der Waals surface area contributed by atoms with Gasteiger partial charge in [-0.3, -0.25) is 19.9 Å². The van der Waals surface area contributed by atoms with Gasteiger partial charge in [0.1, 0.15) is 12.0 Å². The molecule has 0 aromatic heterocycles. The van der Waals surface area contributed by atoms with Gasteiger partial charge in [0, 0.05) is 11.8 Å². The first-order chi connectivity index (χ1) is 9.95. The highest BCUT2D eigenvalue weighted by molar-refractivity contribution is 8.13. The number of carbonyl (C=O) groups is 1. The van der Waals surface area contributed by atoms with E-state index in [1.54, 1.807) is 31.4 Å². The third-order valence-electron chi connectivity index (χ3n) is 3.19. The zero-order valence-electron chi connectivity index (χ0n) is 11.4. The van der Waals surface area contributed by atoms with Crippen LogP contribution in [0.2, 0.25) is 0 Å². The highest BCUT2D eigenvalue weighted by atomic mass is 32.2. The Morgan fingerprint density at radius 1 is 1.43 bits per heavy atom. The van der Waals surface area contributed by atoms with Gasteiger partial charge in [-0.05, 0) is 19.2 Å². The minimum Gasteiger partial charge on any atom is -0.481 e. The van der Waals surface area contributed by atoms with Crippen molar-refractivity contribution in [2.75, 3.05) is 6.26 Å². The van der Waals surface area contributed by atoms with E-state index in [1.807, 2.05) is 0 Å². The molecule has 1 aliphatic rings. The molecule has 0 bridgehead atoms. The molecule has 0 saturated carbocycles. The number of hydrogen-bond donors (Lipinski definition) is 1. The second-order valence-corrected chi connectivity index (χ2v) is 5.22. The summed E-state index contributed by atoms with van der Waals surface area (Å²) in [5, 5.41) is 21.0. The maximum absolute atomic E-state index is 11.5. The number of hydrogen-bond acceptors (Lipinski definition) is 6. The molecule has 2 rings (SSSR count). The summed E-state index contributed by atoms with van der Waals surface area (Å²) in [6, 6.07) is 5.23. The van der Waals surface area contributed by atoms with Crippen molar-refractivity contribution in [2.24, 2.45) is 15.9 Å². The lowest BCUT2D eigenvalue weighted by Crippen LogP contribution is -2.31. The number of carboxylic acid groups (broad SMARTS) is 1. The first-order valence-electron chi connectivity index (χ1n) is 6.08. The average Bonchev–Trinajstić information content (AvgIpc) is 2.45. The molecule has 0 aliphatic carbocycles. The highest BCUT2D eigenvalue weighted by Gasteiger charge is 2.38. The number of nitro benzene ring substituents is 1. The molecular weight excluding hydrogens is 294 g/mol. The Morgan fingerprint density at radius 2 is 2.10 bits per heavy atom. The monoisotopic (exact) mass is 307 g/mol. The predicted molar refractivity (Wildman–Crippen MR) is 81.0 cm³/mol. The van der Waals surface area contributed by atoms with Crippen LogP contribution in [-0.2, 0) is 4.79 Å². The number of carboxylic acids is 1. The fourth-order valence-electron chi connectivity index (χ4n) is 2.24. The van der Waals surface area contributed by atoms with Crippen LogP contribution >= 0.6 is 11.8 Å². The van der Waals surface area contributed by atoms with Crippen molar-refractivity contribution in [2.45, 2.75) is 13.0 Å². The molecule has 1 N–H and O–H groups in total. The van der Waals surface area contributed by atoms with Gasteiger partial charge in [0.25, 0.3) is 5.69 Å². The second kappa shape index (κ2) is 6.04. The van der Waals surface area contributed by atoms with Gasteiger partial charge in [0.15, 0.2) is 5.17 Å². The molecule has 0 spiro atoms. The van der Waals surface area contributed by atoms with Crippen molar-refractivity contribution in [3.63, 3.8) is 0 Å². The SMILES string of the molecule is CSC1=NC(c2ccccc2[N+](=O)[O-])C(C(=O)O)C(C)=N1. The third-order valence-corrected chi connectivity index (χ3v) is 3.75. The van der Waals surface area contributed by atoms with E-state index >= 15 is 0 Å². The van der Waals surface area contributed by atoms with Crippen LogP contribution in [0.25, 0.3) is 0 Å². The molecule has 2 atom stereocenters. The van der Waals surface area contributed by atoms with E-state index in [9.17, 15) is 20.0 Å². The van der Waals surface area contributed by atoms with Crippen molar-refractivity contribution >= 4 is 34.3 Å². The Bertz CT molecular complexity index is 657. The fraction of sp³-hybridized carbons (Fsp3) is 0.308. The van der Waals surface area contributed by atoms with Crippen LogP contribution in [-0.4, -0.2) is 33.1 Å². The van der Waals surface area contributed by atoms with Crippen LogP contribution in [0.1, 0.15) is 18.5 Å². The number of nitro groups is 1. The van der Waals surface area contributed by atoms with E-state index in [-0.39, 0.29) is 11.3 Å². The molecule has 1 aliphatic heterocycles. The summed E-state index contributed by atoms with van der Waals surface area (Å²) in [5.74, 6) is -2.09.